The lowest BCUT2D eigenvalue weighted by atomic mass is 10.1. The summed E-state index contributed by atoms with van der Waals surface area (Å²) in [4.78, 5) is 25.7. The van der Waals surface area contributed by atoms with Crippen molar-refractivity contribution >= 4 is 23.0 Å². The topological polar surface area (TPSA) is 107 Å². The molecule has 2 rings (SSSR count). The van der Waals surface area contributed by atoms with Crippen LogP contribution in [0.15, 0.2) is 53.0 Å². The van der Waals surface area contributed by atoms with Crippen LogP contribution in [0.1, 0.15) is 10.4 Å². The van der Waals surface area contributed by atoms with Gasteiger partial charge >= 0.3 is 5.97 Å². The van der Waals surface area contributed by atoms with Crippen LogP contribution in [0.4, 0.5) is 17.1 Å². The maximum Gasteiger partial charge on any atom is 0.340 e. The smallest absolute Gasteiger partial charge is 0.340 e. The second kappa shape index (κ2) is 6.33. The maximum atomic E-state index is 11.7. The lowest BCUT2D eigenvalue weighted by Gasteiger charge is -2.02. The first kappa shape index (κ1) is 14.3. The SMILES string of the molecule is COC(=O)c1cc([N+](=O)[O-])ccc1N=Nc1cccnc1. The van der Waals surface area contributed by atoms with Gasteiger partial charge in [-0.05, 0) is 18.2 Å². The number of carbonyl (C=O) groups is 1. The van der Waals surface area contributed by atoms with E-state index < -0.39 is 10.9 Å². The monoisotopic (exact) mass is 286 g/mol. The van der Waals surface area contributed by atoms with Crippen LogP contribution in [0.2, 0.25) is 0 Å². The van der Waals surface area contributed by atoms with Crippen LogP contribution < -0.4 is 0 Å². The van der Waals surface area contributed by atoms with Gasteiger partial charge in [0.15, 0.2) is 0 Å². The third kappa shape index (κ3) is 3.44. The highest BCUT2D eigenvalue weighted by Gasteiger charge is 2.17. The normalized spacial score (nSPS) is 10.5. The summed E-state index contributed by atoms with van der Waals surface area (Å²) in [5.74, 6) is -0.723. The predicted octanol–water partition coefficient (Wildman–Crippen LogP) is 3.19. The average Bonchev–Trinajstić information content (AvgIpc) is 2.52. The van der Waals surface area contributed by atoms with Crippen molar-refractivity contribution in [1.82, 2.24) is 4.98 Å². The van der Waals surface area contributed by atoms with E-state index in [2.05, 4.69) is 19.9 Å². The van der Waals surface area contributed by atoms with Crippen molar-refractivity contribution in [2.75, 3.05) is 7.11 Å². The number of non-ortho nitro benzene ring substituents is 1. The van der Waals surface area contributed by atoms with Gasteiger partial charge in [0.05, 0.1) is 23.8 Å². The first-order valence-corrected chi connectivity index (χ1v) is 5.80. The molecule has 1 aromatic heterocycles. The summed E-state index contributed by atoms with van der Waals surface area (Å²) >= 11 is 0. The first-order chi connectivity index (χ1) is 10.1. The number of ether oxygens (including phenoxy) is 1. The molecule has 2 aromatic rings. The Labute approximate surface area is 119 Å². The minimum Gasteiger partial charge on any atom is -0.465 e. The van der Waals surface area contributed by atoms with Crippen molar-refractivity contribution < 1.29 is 14.5 Å². The van der Waals surface area contributed by atoms with E-state index in [1.807, 2.05) is 0 Å². The van der Waals surface area contributed by atoms with Crippen LogP contribution in [0.3, 0.4) is 0 Å². The average molecular weight is 286 g/mol. The van der Waals surface area contributed by atoms with E-state index in [9.17, 15) is 14.9 Å². The molecule has 0 atom stereocenters. The van der Waals surface area contributed by atoms with Crippen molar-refractivity contribution in [2.24, 2.45) is 10.2 Å². The van der Waals surface area contributed by atoms with Gasteiger partial charge in [0.2, 0.25) is 0 Å². The molecule has 0 fully saturated rings. The number of pyridine rings is 1. The highest BCUT2D eigenvalue weighted by molar-refractivity contribution is 5.95. The van der Waals surface area contributed by atoms with Crippen molar-refractivity contribution in [1.29, 1.82) is 0 Å². The quantitative estimate of drug-likeness (QED) is 0.371. The highest BCUT2D eigenvalue weighted by Crippen LogP contribution is 2.26. The van der Waals surface area contributed by atoms with E-state index in [0.29, 0.717) is 5.69 Å². The summed E-state index contributed by atoms with van der Waals surface area (Å²) in [7, 11) is 1.18. The van der Waals surface area contributed by atoms with Gasteiger partial charge in [-0.1, -0.05) is 0 Å². The Balaban J connectivity index is 2.41. The number of aromatic nitrogens is 1. The van der Waals surface area contributed by atoms with E-state index in [1.165, 1.54) is 25.4 Å². The van der Waals surface area contributed by atoms with Gasteiger partial charge in [-0.25, -0.2) is 4.79 Å². The molecule has 106 valence electrons. The highest BCUT2D eigenvalue weighted by atomic mass is 16.6. The van der Waals surface area contributed by atoms with Gasteiger partial charge in [0, 0.05) is 18.3 Å². The minimum absolute atomic E-state index is 0.0284. The van der Waals surface area contributed by atoms with E-state index in [1.54, 1.807) is 18.3 Å². The third-order valence-corrected chi connectivity index (χ3v) is 2.52. The number of hydrogen-bond acceptors (Lipinski definition) is 7. The van der Waals surface area contributed by atoms with Gasteiger partial charge in [0.1, 0.15) is 11.4 Å². The van der Waals surface area contributed by atoms with Crippen LogP contribution in [-0.4, -0.2) is 23.0 Å². The summed E-state index contributed by atoms with van der Waals surface area (Å²) in [6.07, 6.45) is 3.08. The molecule has 0 amide bonds. The number of esters is 1. The number of benzene rings is 1. The Morgan fingerprint density at radius 3 is 2.76 bits per heavy atom. The number of carbonyl (C=O) groups excluding carboxylic acids is 1. The summed E-state index contributed by atoms with van der Waals surface area (Å²) < 4.78 is 4.59. The lowest BCUT2D eigenvalue weighted by molar-refractivity contribution is -0.384. The van der Waals surface area contributed by atoms with E-state index in [0.717, 1.165) is 6.07 Å². The molecule has 0 bridgehead atoms. The van der Waals surface area contributed by atoms with Crippen LogP contribution in [0.5, 0.6) is 0 Å². The molecule has 8 heteroatoms. The van der Waals surface area contributed by atoms with Crippen molar-refractivity contribution in [3.63, 3.8) is 0 Å². The van der Waals surface area contributed by atoms with Crippen LogP contribution in [0.25, 0.3) is 0 Å². The summed E-state index contributed by atoms with van der Waals surface area (Å²) in [6.45, 7) is 0. The molecule has 0 saturated carbocycles. The number of nitrogens with zero attached hydrogens (tertiary/aromatic N) is 4. The summed E-state index contributed by atoms with van der Waals surface area (Å²) in [5, 5.41) is 18.6. The number of rotatable bonds is 4. The predicted molar refractivity (Wildman–Crippen MR) is 72.8 cm³/mol. The molecule has 0 aliphatic heterocycles. The second-order valence-corrected chi connectivity index (χ2v) is 3.86. The number of azo groups is 1. The molecule has 0 N–H and O–H groups in total. The molecule has 1 aromatic carbocycles. The Kier molecular flexibility index (Phi) is 4.30. The lowest BCUT2D eigenvalue weighted by Crippen LogP contribution is -2.02. The number of methoxy groups -OCH3 is 1. The zero-order chi connectivity index (χ0) is 15.2. The largest absolute Gasteiger partial charge is 0.465 e. The molecule has 0 aliphatic rings. The summed E-state index contributed by atoms with van der Waals surface area (Å²) in [5.41, 5.74) is 0.415. The summed E-state index contributed by atoms with van der Waals surface area (Å²) in [6, 6.07) is 7.04. The van der Waals surface area contributed by atoms with E-state index in [-0.39, 0.29) is 16.9 Å². The molecule has 0 spiro atoms. The molecule has 0 radical (unpaired) electrons. The number of nitro benzene ring substituents is 1. The Morgan fingerprint density at radius 2 is 2.14 bits per heavy atom. The molecular formula is C13H10N4O4. The van der Waals surface area contributed by atoms with Gasteiger partial charge in [-0.15, -0.1) is 10.2 Å². The van der Waals surface area contributed by atoms with Gasteiger partial charge in [-0.2, -0.15) is 0 Å². The fraction of sp³-hybridized carbons (Fsp3) is 0.0769. The van der Waals surface area contributed by atoms with Crippen LogP contribution in [-0.2, 0) is 4.74 Å². The van der Waals surface area contributed by atoms with Crippen molar-refractivity contribution in [3.8, 4) is 0 Å². The zero-order valence-electron chi connectivity index (χ0n) is 11.0. The van der Waals surface area contributed by atoms with Crippen LogP contribution >= 0.6 is 0 Å². The fourth-order valence-electron chi connectivity index (χ4n) is 1.52. The first-order valence-electron chi connectivity index (χ1n) is 5.80. The number of hydrogen-bond donors (Lipinski definition) is 0. The Morgan fingerprint density at radius 1 is 1.33 bits per heavy atom. The number of nitro groups is 1. The third-order valence-electron chi connectivity index (χ3n) is 2.52. The van der Waals surface area contributed by atoms with Crippen molar-refractivity contribution in [2.45, 2.75) is 0 Å². The van der Waals surface area contributed by atoms with Gasteiger partial charge in [-0.3, -0.25) is 15.1 Å². The van der Waals surface area contributed by atoms with Gasteiger partial charge in [0.25, 0.3) is 5.69 Å². The van der Waals surface area contributed by atoms with E-state index >= 15 is 0 Å². The Bertz CT molecular complexity index is 701. The van der Waals surface area contributed by atoms with E-state index in [4.69, 9.17) is 0 Å². The molecule has 8 nitrogen and oxygen atoms in total. The fourth-order valence-corrected chi connectivity index (χ4v) is 1.52. The molecule has 0 aliphatic carbocycles. The zero-order valence-corrected chi connectivity index (χ0v) is 11.0. The molecule has 0 unspecified atom stereocenters. The van der Waals surface area contributed by atoms with Crippen molar-refractivity contribution in [3.05, 3.63) is 58.4 Å². The molecular weight excluding hydrogens is 276 g/mol. The van der Waals surface area contributed by atoms with Crippen LogP contribution in [0, 0.1) is 10.1 Å². The molecule has 1 heterocycles. The Hall–Kier alpha value is -3.16. The standard InChI is InChI=1S/C13H10N4O4/c1-21-13(18)11-7-10(17(19)20)4-5-12(11)16-15-9-3-2-6-14-8-9/h2-8H,1H3. The maximum absolute atomic E-state index is 11.7. The molecule has 21 heavy (non-hydrogen) atoms. The second-order valence-electron chi connectivity index (χ2n) is 3.86. The molecule has 0 saturated heterocycles. The van der Waals surface area contributed by atoms with Gasteiger partial charge < -0.3 is 4.74 Å². The minimum atomic E-state index is -0.723.